The summed E-state index contributed by atoms with van der Waals surface area (Å²) < 4.78 is 6.48. The Morgan fingerprint density at radius 3 is 2.84 bits per heavy atom. The second-order valence-corrected chi connectivity index (χ2v) is 6.87. The molecule has 0 fully saturated rings. The number of carboxylic acids is 1. The highest BCUT2D eigenvalue weighted by Gasteiger charge is 2.23. The number of aryl methyl sites for hydroxylation is 1. The lowest BCUT2D eigenvalue weighted by molar-refractivity contribution is -0.141. The maximum absolute atomic E-state index is 13.0. The van der Waals surface area contributed by atoms with Crippen molar-refractivity contribution in [3.8, 4) is 16.9 Å². The number of carbonyl (C=O) groups is 1. The molecule has 0 aliphatic heterocycles. The van der Waals surface area contributed by atoms with Crippen LogP contribution in [0.3, 0.4) is 0 Å². The Balaban J connectivity index is 2.31. The van der Waals surface area contributed by atoms with Gasteiger partial charge in [-0.15, -0.1) is 11.3 Å². The quantitative estimate of drug-likeness (QED) is 0.755. The Kier molecular flexibility index (Phi) is 4.59. The topological polar surface area (TPSA) is 81.4 Å². The van der Waals surface area contributed by atoms with Crippen LogP contribution >= 0.6 is 11.3 Å². The molecule has 1 aromatic carbocycles. The first-order valence-corrected chi connectivity index (χ1v) is 8.67. The number of hydrogen-bond donors (Lipinski definition) is 1. The average Bonchev–Trinajstić information content (AvgIpc) is 2.94. The molecule has 0 amide bonds. The van der Waals surface area contributed by atoms with Gasteiger partial charge in [0, 0.05) is 10.4 Å². The van der Waals surface area contributed by atoms with Crippen molar-refractivity contribution < 1.29 is 14.6 Å². The monoisotopic (exact) mass is 358 g/mol. The van der Waals surface area contributed by atoms with Gasteiger partial charge in [-0.05, 0) is 31.0 Å². The first-order chi connectivity index (χ1) is 12.0. The number of carboxylic acid groups (broad SMARTS) is 1. The lowest BCUT2D eigenvalue weighted by Crippen LogP contribution is -2.29. The van der Waals surface area contributed by atoms with E-state index in [0.717, 1.165) is 16.0 Å². The summed E-state index contributed by atoms with van der Waals surface area (Å²) in [4.78, 5) is 30.4. The highest BCUT2D eigenvalue weighted by molar-refractivity contribution is 7.19. The van der Waals surface area contributed by atoms with Gasteiger partial charge in [0.15, 0.2) is 0 Å². The molecule has 1 atom stereocenters. The van der Waals surface area contributed by atoms with Crippen LogP contribution in [0.15, 0.2) is 35.4 Å². The summed E-state index contributed by atoms with van der Waals surface area (Å²) >= 11 is 1.42. The van der Waals surface area contributed by atoms with Crippen LogP contribution in [0.4, 0.5) is 0 Å². The number of hydrogen-bond acceptors (Lipinski definition) is 5. The van der Waals surface area contributed by atoms with Crippen molar-refractivity contribution in [2.45, 2.75) is 26.3 Å². The number of thiophene rings is 1. The van der Waals surface area contributed by atoms with Crippen molar-refractivity contribution in [3.05, 3.63) is 45.8 Å². The standard InChI is InChI=1S/C18H18N2O4S/c1-4-13(18(22)23)20-9-19-16-15(17(20)21)14(10(2)25-16)11-6-5-7-12(8-11)24-3/h5-9,13H,4H2,1-3H3,(H,22,23). The van der Waals surface area contributed by atoms with Gasteiger partial charge in [0.1, 0.15) is 16.6 Å². The van der Waals surface area contributed by atoms with Gasteiger partial charge in [0.2, 0.25) is 0 Å². The molecular weight excluding hydrogens is 340 g/mol. The minimum Gasteiger partial charge on any atom is -0.497 e. The zero-order chi connectivity index (χ0) is 18.1. The van der Waals surface area contributed by atoms with Crippen LogP contribution in [0.5, 0.6) is 5.75 Å². The van der Waals surface area contributed by atoms with Gasteiger partial charge < -0.3 is 9.84 Å². The van der Waals surface area contributed by atoms with Gasteiger partial charge in [-0.1, -0.05) is 19.1 Å². The van der Waals surface area contributed by atoms with Crippen molar-refractivity contribution in [2.75, 3.05) is 7.11 Å². The van der Waals surface area contributed by atoms with E-state index in [4.69, 9.17) is 4.74 Å². The molecule has 0 radical (unpaired) electrons. The van der Waals surface area contributed by atoms with E-state index in [0.29, 0.717) is 22.4 Å². The molecule has 3 aromatic rings. The number of benzene rings is 1. The molecule has 3 rings (SSSR count). The van der Waals surface area contributed by atoms with Crippen molar-refractivity contribution >= 4 is 27.5 Å². The summed E-state index contributed by atoms with van der Waals surface area (Å²) in [5.41, 5.74) is 1.30. The van der Waals surface area contributed by atoms with E-state index >= 15 is 0 Å². The van der Waals surface area contributed by atoms with Gasteiger partial charge in [0.25, 0.3) is 5.56 Å². The third-order valence-electron chi connectivity index (χ3n) is 4.18. The molecule has 0 bridgehead atoms. The fraction of sp³-hybridized carbons (Fsp3) is 0.278. The highest BCUT2D eigenvalue weighted by atomic mass is 32.1. The largest absolute Gasteiger partial charge is 0.497 e. The van der Waals surface area contributed by atoms with Gasteiger partial charge in [-0.2, -0.15) is 0 Å². The molecule has 0 aliphatic rings. The molecule has 130 valence electrons. The Bertz CT molecular complexity index is 1010. The molecule has 0 saturated carbocycles. The zero-order valence-electron chi connectivity index (χ0n) is 14.1. The minimum atomic E-state index is -1.04. The predicted molar refractivity (Wildman–Crippen MR) is 97.6 cm³/mol. The average molecular weight is 358 g/mol. The number of aliphatic carboxylic acids is 1. The first-order valence-electron chi connectivity index (χ1n) is 7.85. The molecule has 2 aromatic heterocycles. The summed E-state index contributed by atoms with van der Waals surface area (Å²) in [6.45, 7) is 3.66. The van der Waals surface area contributed by atoms with Crippen molar-refractivity contribution in [2.24, 2.45) is 0 Å². The number of fused-ring (bicyclic) bond motifs is 1. The fourth-order valence-corrected chi connectivity index (χ4v) is 3.96. The Morgan fingerprint density at radius 2 is 2.20 bits per heavy atom. The second kappa shape index (κ2) is 6.68. The molecule has 0 saturated heterocycles. The van der Waals surface area contributed by atoms with Crippen LogP contribution in [0.25, 0.3) is 21.3 Å². The zero-order valence-corrected chi connectivity index (χ0v) is 15.0. The summed E-state index contributed by atoms with van der Waals surface area (Å²) in [6.07, 6.45) is 1.64. The third-order valence-corrected chi connectivity index (χ3v) is 5.19. The van der Waals surface area contributed by atoms with E-state index in [2.05, 4.69) is 4.98 Å². The van der Waals surface area contributed by atoms with Gasteiger partial charge >= 0.3 is 5.97 Å². The minimum absolute atomic E-state index is 0.306. The molecule has 0 aliphatic carbocycles. The SMILES string of the molecule is CCC(C(=O)O)n1cnc2sc(C)c(-c3cccc(OC)c3)c2c1=O. The maximum Gasteiger partial charge on any atom is 0.326 e. The van der Waals surface area contributed by atoms with Gasteiger partial charge in [-0.25, -0.2) is 9.78 Å². The Hall–Kier alpha value is -2.67. The molecule has 7 heteroatoms. The fourth-order valence-electron chi connectivity index (χ4n) is 2.95. The van der Waals surface area contributed by atoms with Crippen LogP contribution in [0.2, 0.25) is 0 Å². The van der Waals surface area contributed by atoms with E-state index in [1.165, 1.54) is 22.2 Å². The Labute approximate surface area is 148 Å². The van der Waals surface area contributed by atoms with Crippen molar-refractivity contribution in [1.82, 2.24) is 9.55 Å². The summed E-state index contributed by atoms with van der Waals surface area (Å²) in [6, 6.07) is 6.53. The number of rotatable bonds is 5. The summed E-state index contributed by atoms with van der Waals surface area (Å²) in [5.74, 6) is -0.349. The van der Waals surface area contributed by atoms with Crippen molar-refractivity contribution in [1.29, 1.82) is 0 Å². The summed E-state index contributed by atoms with van der Waals surface area (Å²) in [7, 11) is 1.59. The smallest absolute Gasteiger partial charge is 0.326 e. The van der Waals surface area contributed by atoms with Crippen LogP contribution < -0.4 is 10.3 Å². The van der Waals surface area contributed by atoms with E-state index in [1.807, 2.05) is 31.2 Å². The van der Waals surface area contributed by atoms with E-state index in [-0.39, 0.29) is 5.56 Å². The molecule has 0 spiro atoms. The second-order valence-electron chi connectivity index (χ2n) is 5.66. The molecule has 6 nitrogen and oxygen atoms in total. The number of nitrogens with zero attached hydrogens (tertiary/aromatic N) is 2. The number of aromatic nitrogens is 2. The predicted octanol–water partition coefficient (Wildman–Crippen LogP) is 3.48. The molecular formula is C18H18N2O4S. The van der Waals surface area contributed by atoms with Crippen LogP contribution in [0, 0.1) is 6.92 Å². The van der Waals surface area contributed by atoms with Gasteiger partial charge in [-0.3, -0.25) is 9.36 Å². The third kappa shape index (κ3) is 2.91. The molecule has 25 heavy (non-hydrogen) atoms. The van der Waals surface area contributed by atoms with Crippen molar-refractivity contribution in [3.63, 3.8) is 0 Å². The normalized spacial score (nSPS) is 12.3. The maximum atomic E-state index is 13.0. The molecule has 1 unspecified atom stereocenters. The first kappa shape index (κ1) is 17.2. The van der Waals surface area contributed by atoms with Crippen LogP contribution in [-0.2, 0) is 4.79 Å². The van der Waals surface area contributed by atoms with E-state index in [1.54, 1.807) is 14.0 Å². The van der Waals surface area contributed by atoms with Crippen LogP contribution in [0.1, 0.15) is 24.3 Å². The summed E-state index contributed by atoms with van der Waals surface area (Å²) in [5, 5.41) is 9.84. The molecule has 2 heterocycles. The number of methoxy groups -OCH3 is 1. The highest BCUT2D eigenvalue weighted by Crippen LogP contribution is 2.36. The molecule has 1 N–H and O–H groups in total. The van der Waals surface area contributed by atoms with E-state index < -0.39 is 12.0 Å². The van der Waals surface area contributed by atoms with E-state index in [9.17, 15) is 14.7 Å². The Morgan fingerprint density at radius 1 is 1.44 bits per heavy atom. The number of ether oxygens (including phenoxy) is 1. The van der Waals surface area contributed by atoms with Crippen LogP contribution in [-0.4, -0.2) is 27.7 Å². The lowest BCUT2D eigenvalue weighted by atomic mass is 10.0. The lowest BCUT2D eigenvalue weighted by Gasteiger charge is -2.13. The van der Waals surface area contributed by atoms with Gasteiger partial charge in [0.05, 0.1) is 18.8 Å².